The van der Waals surface area contributed by atoms with Crippen LogP contribution >= 0.6 is 0 Å². The largest absolute Gasteiger partial charge is 0.346 e. The Bertz CT molecular complexity index is 598. The lowest BCUT2D eigenvalue weighted by atomic mass is 9.95. The zero-order valence-corrected chi connectivity index (χ0v) is 14.1. The summed E-state index contributed by atoms with van der Waals surface area (Å²) in [5, 5.41) is 2.36. The number of nitrogens with zero attached hydrogens (tertiary/aromatic N) is 1. The van der Waals surface area contributed by atoms with Crippen LogP contribution in [0, 0.1) is 13.8 Å². The predicted octanol–water partition coefficient (Wildman–Crippen LogP) is 2.58. The Hall–Kier alpha value is -2.24. The molecular weight excluding hydrogens is 292 g/mol. The van der Waals surface area contributed by atoms with Crippen molar-refractivity contribution in [3.8, 4) is 0 Å². The summed E-state index contributed by atoms with van der Waals surface area (Å²) < 4.78 is 2.40. The van der Waals surface area contributed by atoms with Crippen LogP contribution in [0.25, 0.3) is 6.08 Å². The van der Waals surface area contributed by atoms with Crippen molar-refractivity contribution in [2.75, 3.05) is 7.05 Å². The molecule has 1 aromatic rings. The third-order valence-electron chi connectivity index (χ3n) is 4.40. The van der Waals surface area contributed by atoms with Crippen LogP contribution in [0.5, 0.6) is 0 Å². The number of hydrogen-bond acceptors (Lipinski definition) is 2. The second-order valence-electron chi connectivity index (χ2n) is 6.02. The van der Waals surface area contributed by atoms with E-state index < -0.39 is 6.03 Å². The van der Waals surface area contributed by atoms with Gasteiger partial charge in [-0.05, 0) is 44.4 Å². The minimum absolute atomic E-state index is 0.365. The predicted molar refractivity (Wildman–Crippen MR) is 90.8 cm³/mol. The molecule has 0 spiro atoms. The summed E-state index contributed by atoms with van der Waals surface area (Å²) in [6.45, 7) is 4.22. The summed E-state index contributed by atoms with van der Waals surface area (Å²) in [4.78, 5) is 22.7. The fourth-order valence-electron chi connectivity index (χ4n) is 3.26. The van der Waals surface area contributed by atoms with Crippen LogP contribution in [0.3, 0.4) is 0 Å². The zero-order chi connectivity index (χ0) is 16.8. The molecular formula is C17H26N4O2. The van der Waals surface area contributed by atoms with Gasteiger partial charge in [0.25, 0.3) is 5.91 Å². The van der Waals surface area contributed by atoms with Gasteiger partial charge in [-0.1, -0.05) is 19.3 Å². The number of hydrogen-bond donors (Lipinski definition) is 3. The number of urea groups is 1. The highest BCUT2D eigenvalue weighted by atomic mass is 16.2. The van der Waals surface area contributed by atoms with E-state index >= 15 is 0 Å². The normalized spacial score (nSPS) is 15.6. The van der Waals surface area contributed by atoms with Crippen LogP contribution in [0.2, 0.25) is 0 Å². The molecule has 126 valence electrons. The topological polar surface area (TPSA) is 75.2 Å². The minimum atomic E-state index is -0.456. The maximum absolute atomic E-state index is 11.7. The van der Waals surface area contributed by atoms with Crippen molar-refractivity contribution in [3.05, 3.63) is 29.1 Å². The fourth-order valence-corrected chi connectivity index (χ4v) is 3.26. The summed E-state index contributed by atoms with van der Waals surface area (Å²) in [5.74, 6) is -0.365. The van der Waals surface area contributed by atoms with Crippen molar-refractivity contribution in [1.29, 1.82) is 0 Å². The van der Waals surface area contributed by atoms with E-state index in [1.807, 2.05) is 0 Å². The Morgan fingerprint density at radius 3 is 2.52 bits per heavy atom. The molecule has 6 heteroatoms. The highest BCUT2D eigenvalue weighted by Crippen LogP contribution is 2.32. The fraction of sp³-hybridized carbons (Fsp3) is 0.529. The highest BCUT2D eigenvalue weighted by molar-refractivity contribution is 5.93. The summed E-state index contributed by atoms with van der Waals surface area (Å²) in [7, 11) is 1.48. The van der Waals surface area contributed by atoms with Crippen molar-refractivity contribution in [2.45, 2.75) is 52.0 Å². The first kappa shape index (κ1) is 17.1. The van der Waals surface area contributed by atoms with Gasteiger partial charge in [0.1, 0.15) is 0 Å². The molecule has 23 heavy (non-hydrogen) atoms. The molecule has 3 N–H and O–H groups in total. The highest BCUT2D eigenvalue weighted by Gasteiger charge is 2.19. The standard InChI is InChI=1S/C17H26N4O2/c1-12-11-14(9-10-16(22)19-20-17(23)18-3)13(2)21(12)15-7-5-4-6-8-15/h9-11,15H,4-8H2,1-3H3,(H,19,22)(H2,18,20,23). The van der Waals surface area contributed by atoms with Crippen molar-refractivity contribution in [2.24, 2.45) is 0 Å². The molecule has 6 nitrogen and oxygen atoms in total. The second-order valence-corrected chi connectivity index (χ2v) is 6.02. The van der Waals surface area contributed by atoms with Crippen LogP contribution in [-0.2, 0) is 4.79 Å². The third kappa shape index (κ3) is 4.37. The first-order valence-electron chi connectivity index (χ1n) is 8.17. The monoisotopic (exact) mass is 318 g/mol. The van der Waals surface area contributed by atoms with Crippen LogP contribution in [0.1, 0.15) is 55.1 Å². The van der Waals surface area contributed by atoms with E-state index in [0.29, 0.717) is 6.04 Å². The van der Waals surface area contributed by atoms with Gasteiger partial charge in [0.2, 0.25) is 0 Å². The molecule has 0 bridgehead atoms. The molecule has 0 unspecified atom stereocenters. The van der Waals surface area contributed by atoms with Crippen molar-refractivity contribution in [3.63, 3.8) is 0 Å². The van der Waals surface area contributed by atoms with Crippen LogP contribution in [0.4, 0.5) is 4.79 Å². The SMILES string of the molecule is CNC(=O)NNC(=O)C=Cc1cc(C)n(C2CCCCC2)c1C. The number of nitrogens with one attached hydrogen (secondary N) is 3. The number of carbonyl (C=O) groups excluding carboxylic acids is 2. The number of hydrazine groups is 1. The number of aryl methyl sites for hydroxylation is 1. The van der Waals surface area contributed by atoms with Gasteiger partial charge in [-0.15, -0.1) is 0 Å². The van der Waals surface area contributed by atoms with Gasteiger partial charge >= 0.3 is 6.03 Å². The van der Waals surface area contributed by atoms with E-state index in [1.54, 1.807) is 6.08 Å². The lowest BCUT2D eigenvalue weighted by Crippen LogP contribution is -2.45. The van der Waals surface area contributed by atoms with Gasteiger partial charge in [0.15, 0.2) is 0 Å². The van der Waals surface area contributed by atoms with Gasteiger partial charge in [0, 0.05) is 30.6 Å². The summed E-state index contributed by atoms with van der Waals surface area (Å²) in [5.41, 5.74) is 8.03. The van der Waals surface area contributed by atoms with Crippen molar-refractivity contribution in [1.82, 2.24) is 20.7 Å². The Kier molecular flexibility index (Phi) is 5.84. The third-order valence-corrected chi connectivity index (χ3v) is 4.40. The maximum Gasteiger partial charge on any atom is 0.333 e. The maximum atomic E-state index is 11.7. The van der Waals surface area contributed by atoms with Crippen LogP contribution < -0.4 is 16.2 Å². The quantitative estimate of drug-likeness (QED) is 0.592. The number of rotatable bonds is 3. The Morgan fingerprint density at radius 1 is 1.17 bits per heavy atom. The van der Waals surface area contributed by atoms with E-state index in [-0.39, 0.29) is 5.91 Å². The molecule has 0 aromatic carbocycles. The smallest absolute Gasteiger partial charge is 0.333 e. The molecule has 1 aliphatic rings. The molecule has 1 aliphatic carbocycles. The van der Waals surface area contributed by atoms with Gasteiger partial charge in [-0.25, -0.2) is 10.2 Å². The molecule has 0 radical (unpaired) electrons. The molecule has 1 fully saturated rings. The molecule has 2 rings (SSSR count). The molecule has 1 aromatic heterocycles. The number of carbonyl (C=O) groups is 2. The summed E-state index contributed by atoms with van der Waals surface area (Å²) >= 11 is 0. The van der Waals surface area contributed by atoms with Gasteiger partial charge in [0.05, 0.1) is 0 Å². The van der Waals surface area contributed by atoms with Gasteiger partial charge in [-0.2, -0.15) is 0 Å². The Morgan fingerprint density at radius 2 is 1.87 bits per heavy atom. The molecule has 0 aliphatic heterocycles. The Balaban J connectivity index is 2.04. The van der Waals surface area contributed by atoms with E-state index in [2.05, 4.69) is 40.6 Å². The average molecular weight is 318 g/mol. The summed E-state index contributed by atoms with van der Waals surface area (Å²) in [6.07, 6.45) is 9.61. The van der Waals surface area contributed by atoms with E-state index in [1.165, 1.54) is 56.6 Å². The molecule has 1 heterocycles. The Labute approximate surface area is 137 Å². The zero-order valence-electron chi connectivity index (χ0n) is 14.1. The number of aromatic nitrogens is 1. The van der Waals surface area contributed by atoms with E-state index in [9.17, 15) is 9.59 Å². The molecule has 1 saturated carbocycles. The minimum Gasteiger partial charge on any atom is -0.346 e. The van der Waals surface area contributed by atoms with Crippen molar-refractivity contribution < 1.29 is 9.59 Å². The average Bonchev–Trinajstić information content (AvgIpc) is 2.85. The van der Waals surface area contributed by atoms with Crippen molar-refractivity contribution >= 4 is 18.0 Å². The van der Waals surface area contributed by atoms with E-state index in [0.717, 1.165) is 5.56 Å². The lowest BCUT2D eigenvalue weighted by Gasteiger charge is -2.26. The summed E-state index contributed by atoms with van der Waals surface area (Å²) in [6, 6.07) is 2.23. The first-order chi connectivity index (χ1) is 11.0. The molecule has 3 amide bonds. The van der Waals surface area contributed by atoms with Crippen LogP contribution in [0.15, 0.2) is 12.1 Å². The second kappa shape index (κ2) is 7.85. The van der Waals surface area contributed by atoms with Gasteiger partial charge < -0.3 is 9.88 Å². The molecule has 0 saturated heterocycles. The van der Waals surface area contributed by atoms with Gasteiger partial charge in [-0.3, -0.25) is 10.2 Å². The lowest BCUT2D eigenvalue weighted by molar-refractivity contribution is -0.117. The first-order valence-corrected chi connectivity index (χ1v) is 8.17. The number of amides is 3. The molecule has 0 atom stereocenters. The van der Waals surface area contributed by atoms with Crippen LogP contribution in [-0.4, -0.2) is 23.6 Å². The van der Waals surface area contributed by atoms with E-state index in [4.69, 9.17) is 0 Å².